The number of carbonyl (C=O) groups is 3. The molecule has 9 nitrogen and oxygen atoms in total. The molecule has 0 aliphatic carbocycles. The molecule has 3 amide bonds. The van der Waals surface area contributed by atoms with E-state index in [-0.39, 0.29) is 12.5 Å². The van der Waals surface area contributed by atoms with Crippen LogP contribution in [0.4, 0.5) is 0 Å². The highest BCUT2D eigenvalue weighted by Gasteiger charge is 2.18. The first-order valence-corrected chi connectivity index (χ1v) is 11.4. The van der Waals surface area contributed by atoms with Gasteiger partial charge in [-0.3, -0.25) is 25.2 Å². The summed E-state index contributed by atoms with van der Waals surface area (Å²) in [5.41, 5.74) is 7.50. The van der Waals surface area contributed by atoms with Gasteiger partial charge in [0.1, 0.15) is 6.54 Å². The number of aromatic nitrogens is 1. The van der Waals surface area contributed by atoms with Crippen LogP contribution in [-0.2, 0) is 4.79 Å². The molecule has 1 aromatic heterocycles. The number of hydrazine groups is 1. The van der Waals surface area contributed by atoms with Gasteiger partial charge >= 0.3 is 0 Å². The molecule has 1 heterocycles. The van der Waals surface area contributed by atoms with Crippen LogP contribution in [0, 0.1) is 0 Å². The Labute approximate surface area is 214 Å². The second kappa shape index (κ2) is 11.2. The third-order valence-electron chi connectivity index (χ3n) is 5.70. The Hall–Kier alpha value is -4.92. The van der Waals surface area contributed by atoms with Crippen LogP contribution < -0.4 is 20.3 Å². The molecule has 0 saturated carbocycles. The zero-order valence-corrected chi connectivity index (χ0v) is 20.6. The van der Waals surface area contributed by atoms with E-state index < -0.39 is 11.8 Å². The van der Waals surface area contributed by atoms with Crippen molar-refractivity contribution in [2.75, 3.05) is 27.8 Å². The van der Waals surface area contributed by atoms with Crippen LogP contribution in [0.5, 0.6) is 11.5 Å². The van der Waals surface area contributed by atoms with Crippen molar-refractivity contribution in [2.45, 2.75) is 0 Å². The van der Waals surface area contributed by atoms with E-state index >= 15 is 0 Å². The van der Waals surface area contributed by atoms with E-state index in [4.69, 9.17) is 14.5 Å². The lowest BCUT2D eigenvalue weighted by Crippen LogP contribution is -2.46. The number of ether oxygens (including phenoxy) is 2. The Balaban J connectivity index is 1.52. The van der Waals surface area contributed by atoms with Gasteiger partial charge < -0.3 is 14.4 Å². The monoisotopic (exact) mass is 498 g/mol. The number of rotatable bonds is 7. The quantitative estimate of drug-likeness (QED) is 0.378. The van der Waals surface area contributed by atoms with Crippen LogP contribution >= 0.6 is 0 Å². The van der Waals surface area contributed by atoms with Crippen molar-refractivity contribution in [3.8, 4) is 22.8 Å². The summed E-state index contributed by atoms with van der Waals surface area (Å²) in [6, 6.07) is 22.9. The second-order valence-electron chi connectivity index (χ2n) is 8.17. The summed E-state index contributed by atoms with van der Waals surface area (Å²) in [6.07, 6.45) is 0. The standard InChI is InChI=1S/C28H26N4O5/c1-32(28(35)18-9-5-4-6-10-18)17-26(33)30-31-27(34)21-16-23(29-22-12-8-7-11-20(21)22)19-13-14-24(36-2)25(15-19)37-3/h4-16H,17H2,1-3H3,(H,30,33)(H,31,34). The molecule has 0 bridgehead atoms. The van der Waals surface area contributed by atoms with Gasteiger partial charge in [-0.2, -0.15) is 0 Å². The summed E-state index contributed by atoms with van der Waals surface area (Å²) in [5.74, 6) is -0.267. The molecule has 2 N–H and O–H groups in total. The molecule has 4 rings (SSSR count). The Morgan fingerprint density at radius 2 is 1.54 bits per heavy atom. The van der Waals surface area contributed by atoms with Crippen LogP contribution in [0.25, 0.3) is 22.2 Å². The molecular weight excluding hydrogens is 472 g/mol. The molecule has 0 unspecified atom stereocenters. The molecule has 0 aliphatic rings. The molecule has 0 radical (unpaired) electrons. The van der Waals surface area contributed by atoms with Crippen molar-refractivity contribution >= 4 is 28.6 Å². The maximum atomic E-state index is 13.1. The maximum Gasteiger partial charge on any atom is 0.270 e. The highest BCUT2D eigenvalue weighted by atomic mass is 16.5. The number of benzene rings is 3. The van der Waals surface area contributed by atoms with Crippen LogP contribution in [0.1, 0.15) is 20.7 Å². The second-order valence-corrected chi connectivity index (χ2v) is 8.17. The molecule has 0 atom stereocenters. The largest absolute Gasteiger partial charge is 0.493 e. The summed E-state index contributed by atoms with van der Waals surface area (Å²) >= 11 is 0. The number of carbonyl (C=O) groups excluding carboxylic acids is 3. The number of nitrogens with one attached hydrogen (secondary N) is 2. The molecule has 3 aromatic carbocycles. The fourth-order valence-corrected chi connectivity index (χ4v) is 3.83. The van der Waals surface area contributed by atoms with Crippen molar-refractivity contribution in [3.63, 3.8) is 0 Å². The number of methoxy groups -OCH3 is 2. The van der Waals surface area contributed by atoms with Gasteiger partial charge in [-0.05, 0) is 42.5 Å². The Kier molecular flexibility index (Phi) is 7.63. The van der Waals surface area contributed by atoms with Crippen LogP contribution in [0.3, 0.4) is 0 Å². The molecule has 0 spiro atoms. The summed E-state index contributed by atoms with van der Waals surface area (Å²) in [6.45, 7) is -0.234. The van der Waals surface area contributed by atoms with E-state index in [2.05, 4.69) is 10.9 Å². The molecule has 4 aromatic rings. The highest BCUT2D eigenvalue weighted by molar-refractivity contribution is 6.07. The summed E-state index contributed by atoms with van der Waals surface area (Å²) in [4.78, 5) is 44.0. The highest BCUT2D eigenvalue weighted by Crippen LogP contribution is 2.33. The first kappa shape index (κ1) is 25.2. The average Bonchev–Trinajstić information content (AvgIpc) is 2.94. The Morgan fingerprint density at radius 1 is 0.838 bits per heavy atom. The third kappa shape index (κ3) is 5.67. The van der Waals surface area contributed by atoms with Crippen molar-refractivity contribution in [1.29, 1.82) is 0 Å². The van der Waals surface area contributed by atoms with E-state index in [1.165, 1.54) is 11.9 Å². The molecule has 9 heteroatoms. The number of fused-ring (bicyclic) bond motifs is 1. The predicted octanol–water partition coefficient (Wildman–Crippen LogP) is 3.45. The number of pyridine rings is 1. The van der Waals surface area contributed by atoms with Crippen LogP contribution in [-0.4, -0.2) is 55.4 Å². The topological polar surface area (TPSA) is 110 Å². The minimum atomic E-state index is -0.543. The number of hydrogen-bond acceptors (Lipinski definition) is 6. The Bertz CT molecular complexity index is 1460. The predicted molar refractivity (Wildman–Crippen MR) is 139 cm³/mol. The summed E-state index contributed by atoms with van der Waals surface area (Å²) in [5, 5.41) is 0.620. The molecule has 0 saturated heterocycles. The number of amides is 3. The lowest BCUT2D eigenvalue weighted by Gasteiger charge is -2.17. The van der Waals surface area contributed by atoms with Gasteiger partial charge in [0.15, 0.2) is 11.5 Å². The van der Waals surface area contributed by atoms with Gasteiger partial charge in [0.2, 0.25) is 0 Å². The van der Waals surface area contributed by atoms with Gasteiger partial charge in [-0.25, -0.2) is 4.98 Å². The normalized spacial score (nSPS) is 10.5. The van der Waals surface area contributed by atoms with Gasteiger partial charge in [0.05, 0.1) is 31.0 Å². The molecule has 0 fully saturated rings. The summed E-state index contributed by atoms with van der Waals surface area (Å²) < 4.78 is 10.7. The van der Waals surface area contributed by atoms with Gasteiger partial charge in [0, 0.05) is 23.6 Å². The molecule has 188 valence electrons. The van der Waals surface area contributed by atoms with Crippen LogP contribution in [0.2, 0.25) is 0 Å². The van der Waals surface area contributed by atoms with E-state index in [9.17, 15) is 14.4 Å². The van der Waals surface area contributed by atoms with Crippen molar-refractivity contribution in [1.82, 2.24) is 20.7 Å². The third-order valence-corrected chi connectivity index (χ3v) is 5.70. The van der Waals surface area contributed by atoms with Gasteiger partial charge in [-0.15, -0.1) is 0 Å². The minimum absolute atomic E-state index is 0.234. The van der Waals surface area contributed by atoms with Crippen LogP contribution in [0.15, 0.2) is 78.9 Å². The van der Waals surface area contributed by atoms with Crippen molar-refractivity contribution < 1.29 is 23.9 Å². The van der Waals surface area contributed by atoms with E-state index in [0.717, 1.165) is 5.56 Å². The molecular formula is C28H26N4O5. The van der Waals surface area contributed by atoms with E-state index in [1.54, 1.807) is 80.9 Å². The Morgan fingerprint density at radius 3 is 2.27 bits per heavy atom. The molecule has 0 aliphatic heterocycles. The number of nitrogens with zero attached hydrogens (tertiary/aromatic N) is 2. The smallest absolute Gasteiger partial charge is 0.270 e. The average molecular weight is 499 g/mol. The van der Waals surface area contributed by atoms with E-state index in [1.807, 2.05) is 12.1 Å². The van der Waals surface area contributed by atoms with Gasteiger partial charge in [0.25, 0.3) is 17.7 Å². The van der Waals surface area contributed by atoms with E-state index in [0.29, 0.717) is 39.2 Å². The zero-order valence-electron chi connectivity index (χ0n) is 20.6. The summed E-state index contributed by atoms with van der Waals surface area (Å²) in [7, 11) is 4.61. The lowest BCUT2D eigenvalue weighted by atomic mass is 10.0. The fourth-order valence-electron chi connectivity index (χ4n) is 3.83. The zero-order chi connectivity index (χ0) is 26.4. The van der Waals surface area contributed by atoms with Crippen molar-refractivity contribution in [3.05, 3.63) is 90.0 Å². The SMILES string of the molecule is COc1ccc(-c2cc(C(=O)NNC(=O)CN(C)C(=O)c3ccccc3)c3ccccc3n2)cc1OC. The fraction of sp³-hybridized carbons (Fsp3) is 0.143. The minimum Gasteiger partial charge on any atom is -0.493 e. The number of hydrogen-bond donors (Lipinski definition) is 2. The number of para-hydroxylation sites is 1. The number of likely N-dealkylation sites (N-methyl/N-ethyl adjacent to an activating group) is 1. The van der Waals surface area contributed by atoms with Gasteiger partial charge in [-0.1, -0.05) is 36.4 Å². The first-order chi connectivity index (χ1) is 17.9. The lowest BCUT2D eigenvalue weighted by molar-refractivity contribution is -0.122. The first-order valence-electron chi connectivity index (χ1n) is 11.4. The maximum absolute atomic E-state index is 13.1. The molecule has 37 heavy (non-hydrogen) atoms. The van der Waals surface area contributed by atoms with Crippen molar-refractivity contribution in [2.24, 2.45) is 0 Å².